The smallest absolute Gasteiger partial charge is 0.366 e. The van der Waals surface area contributed by atoms with Gasteiger partial charge in [-0.15, -0.1) is 0 Å². The maximum absolute atomic E-state index is 13.5. The predicted molar refractivity (Wildman–Crippen MR) is 116 cm³/mol. The standard InChI is InChI=1S/C22H25F3N6O/c23-22(24,25)14-4-2-9-31(12-14)20-17(21(32)28-15-5-1-7-26-11-15)10-18-19(29-20)27-16-6-3-8-30(18)13-16/h1,5,7,10-11,14,16H,2-4,6,8-9,12-13H2,(H,27,29)(H,28,32)/t14?,16-/m0/s1. The molecule has 1 amide bonds. The van der Waals surface area contributed by atoms with Crippen molar-refractivity contribution in [2.45, 2.75) is 37.9 Å². The summed E-state index contributed by atoms with van der Waals surface area (Å²) in [6.07, 6.45) is 1.41. The molecule has 2 saturated heterocycles. The number of fused-ring (bicyclic) bond motifs is 4. The summed E-state index contributed by atoms with van der Waals surface area (Å²) in [5.41, 5.74) is 1.62. The van der Waals surface area contributed by atoms with Gasteiger partial charge in [-0.3, -0.25) is 9.78 Å². The van der Waals surface area contributed by atoms with E-state index in [4.69, 9.17) is 4.98 Å². The monoisotopic (exact) mass is 446 g/mol. The van der Waals surface area contributed by atoms with E-state index in [1.807, 2.05) is 0 Å². The third-order valence-corrected chi connectivity index (χ3v) is 6.43. The summed E-state index contributed by atoms with van der Waals surface area (Å²) in [5.74, 6) is -0.897. The highest BCUT2D eigenvalue weighted by Crippen LogP contribution is 2.40. The van der Waals surface area contributed by atoms with Gasteiger partial charge in [0.05, 0.1) is 29.1 Å². The number of hydrogen-bond donors (Lipinski definition) is 2. The van der Waals surface area contributed by atoms with E-state index in [-0.39, 0.29) is 24.6 Å². The molecule has 2 N–H and O–H groups in total. The van der Waals surface area contributed by atoms with Crippen LogP contribution in [0.3, 0.4) is 0 Å². The lowest BCUT2D eigenvalue weighted by Gasteiger charge is -2.42. The fourth-order valence-corrected chi connectivity index (χ4v) is 4.83. The minimum absolute atomic E-state index is 0.0935. The summed E-state index contributed by atoms with van der Waals surface area (Å²) >= 11 is 0. The van der Waals surface area contributed by atoms with E-state index >= 15 is 0 Å². The van der Waals surface area contributed by atoms with Crippen molar-refractivity contribution >= 4 is 28.9 Å². The number of aromatic nitrogens is 2. The highest BCUT2D eigenvalue weighted by atomic mass is 19.4. The molecule has 0 radical (unpaired) electrons. The summed E-state index contributed by atoms with van der Waals surface area (Å²) < 4.78 is 40.4. The maximum atomic E-state index is 13.5. The van der Waals surface area contributed by atoms with Crippen molar-refractivity contribution in [3.8, 4) is 0 Å². The topological polar surface area (TPSA) is 73.4 Å². The lowest BCUT2D eigenvalue weighted by molar-refractivity contribution is -0.176. The Morgan fingerprint density at radius 1 is 1.16 bits per heavy atom. The zero-order valence-corrected chi connectivity index (χ0v) is 17.5. The fourth-order valence-electron chi connectivity index (χ4n) is 4.83. The summed E-state index contributed by atoms with van der Waals surface area (Å²) in [6.45, 7) is 1.93. The number of pyridine rings is 2. The van der Waals surface area contributed by atoms with Crippen LogP contribution < -0.4 is 20.4 Å². The predicted octanol–water partition coefficient (Wildman–Crippen LogP) is 3.90. The average molecular weight is 446 g/mol. The van der Waals surface area contributed by atoms with Crippen molar-refractivity contribution in [3.63, 3.8) is 0 Å². The molecule has 3 aliphatic rings. The molecule has 2 aromatic rings. The average Bonchev–Trinajstić information content (AvgIpc) is 2.79. The third-order valence-electron chi connectivity index (χ3n) is 6.43. The first-order valence-corrected chi connectivity index (χ1v) is 11.0. The van der Waals surface area contributed by atoms with Gasteiger partial charge in [0.1, 0.15) is 5.82 Å². The molecule has 0 saturated carbocycles. The van der Waals surface area contributed by atoms with Crippen LogP contribution in [0.5, 0.6) is 0 Å². The minimum atomic E-state index is -4.27. The molecule has 2 atom stereocenters. The zero-order valence-electron chi connectivity index (χ0n) is 17.5. The second kappa shape index (κ2) is 8.14. The quantitative estimate of drug-likeness (QED) is 0.745. The van der Waals surface area contributed by atoms with Gasteiger partial charge >= 0.3 is 6.18 Å². The SMILES string of the molecule is O=C(Nc1cccnc1)c1cc2c(nc1N1CCCC(C(F)(F)F)C1)N[C@H]1CCCN2C1. The fraction of sp³-hybridized carbons (Fsp3) is 0.500. The highest BCUT2D eigenvalue weighted by molar-refractivity contribution is 6.08. The van der Waals surface area contributed by atoms with E-state index < -0.39 is 18.0 Å². The van der Waals surface area contributed by atoms with Gasteiger partial charge in [0.25, 0.3) is 5.91 Å². The van der Waals surface area contributed by atoms with Gasteiger partial charge in [0.15, 0.2) is 5.82 Å². The van der Waals surface area contributed by atoms with Crippen molar-refractivity contribution in [1.82, 2.24) is 9.97 Å². The molecule has 0 spiro atoms. The van der Waals surface area contributed by atoms with Gasteiger partial charge < -0.3 is 20.4 Å². The molecule has 2 fully saturated rings. The Kier molecular flexibility index (Phi) is 5.30. The second-order valence-corrected chi connectivity index (χ2v) is 8.68. The Hall–Kier alpha value is -3.04. The molecule has 7 nitrogen and oxygen atoms in total. The molecule has 0 aromatic carbocycles. The lowest BCUT2D eigenvalue weighted by atomic mass is 9.96. The second-order valence-electron chi connectivity index (χ2n) is 8.68. The number of carbonyl (C=O) groups excluding carboxylic acids is 1. The molecule has 5 rings (SSSR count). The number of rotatable bonds is 3. The van der Waals surface area contributed by atoms with Gasteiger partial charge in [-0.05, 0) is 43.9 Å². The Morgan fingerprint density at radius 3 is 2.75 bits per heavy atom. The lowest BCUT2D eigenvalue weighted by Crippen LogP contribution is -2.47. The van der Waals surface area contributed by atoms with Crippen molar-refractivity contribution in [3.05, 3.63) is 36.2 Å². The Balaban J connectivity index is 1.53. The van der Waals surface area contributed by atoms with Crippen LogP contribution >= 0.6 is 0 Å². The van der Waals surface area contributed by atoms with E-state index in [2.05, 4.69) is 20.5 Å². The zero-order chi connectivity index (χ0) is 22.3. The number of amides is 1. The Morgan fingerprint density at radius 2 is 1.97 bits per heavy atom. The van der Waals surface area contributed by atoms with Crippen LogP contribution in [0, 0.1) is 5.92 Å². The van der Waals surface area contributed by atoms with Crippen LogP contribution in [0.15, 0.2) is 30.6 Å². The first-order valence-electron chi connectivity index (χ1n) is 11.0. The summed E-state index contributed by atoms with van der Waals surface area (Å²) in [6, 6.07) is 5.46. The first-order chi connectivity index (χ1) is 15.4. The maximum Gasteiger partial charge on any atom is 0.393 e. The molecular formula is C22H25F3N6O. The molecule has 170 valence electrons. The van der Waals surface area contributed by atoms with E-state index in [9.17, 15) is 18.0 Å². The third kappa shape index (κ3) is 4.05. The summed E-state index contributed by atoms with van der Waals surface area (Å²) in [5, 5.41) is 6.23. The molecular weight excluding hydrogens is 421 g/mol. The number of piperidine rings is 2. The normalized spacial score (nSPS) is 22.7. The largest absolute Gasteiger partial charge is 0.393 e. The van der Waals surface area contributed by atoms with E-state index in [0.717, 1.165) is 31.6 Å². The number of hydrogen-bond acceptors (Lipinski definition) is 6. The van der Waals surface area contributed by atoms with E-state index in [0.29, 0.717) is 30.3 Å². The van der Waals surface area contributed by atoms with Crippen molar-refractivity contribution in [1.29, 1.82) is 0 Å². The highest BCUT2D eigenvalue weighted by Gasteiger charge is 2.43. The molecule has 32 heavy (non-hydrogen) atoms. The molecule has 5 heterocycles. The number of anilines is 4. The summed E-state index contributed by atoms with van der Waals surface area (Å²) in [7, 11) is 0. The van der Waals surface area contributed by atoms with Crippen molar-refractivity contribution < 1.29 is 18.0 Å². The van der Waals surface area contributed by atoms with Gasteiger partial charge in [0.2, 0.25) is 0 Å². The van der Waals surface area contributed by atoms with Crippen LogP contribution in [-0.2, 0) is 0 Å². The number of halogens is 3. The molecule has 0 aliphatic carbocycles. The van der Waals surface area contributed by atoms with Crippen LogP contribution in [0.1, 0.15) is 36.0 Å². The van der Waals surface area contributed by atoms with E-state index in [1.165, 1.54) is 6.20 Å². The van der Waals surface area contributed by atoms with E-state index in [1.54, 1.807) is 29.3 Å². The van der Waals surface area contributed by atoms with Crippen LogP contribution in [0.2, 0.25) is 0 Å². The molecule has 2 aromatic heterocycles. The molecule has 10 heteroatoms. The van der Waals surface area contributed by atoms with Crippen LogP contribution in [-0.4, -0.2) is 54.3 Å². The van der Waals surface area contributed by atoms with Crippen LogP contribution in [0.25, 0.3) is 0 Å². The minimum Gasteiger partial charge on any atom is -0.366 e. The van der Waals surface area contributed by atoms with Crippen molar-refractivity contribution in [2.75, 3.05) is 46.6 Å². The van der Waals surface area contributed by atoms with Crippen molar-refractivity contribution in [2.24, 2.45) is 5.92 Å². The van der Waals surface area contributed by atoms with Gasteiger partial charge in [0, 0.05) is 38.4 Å². The van der Waals surface area contributed by atoms with Gasteiger partial charge in [-0.25, -0.2) is 4.98 Å². The van der Waals surface area contributed by atoms with Crippen LogP contribution in [0.4, 0.5) is 36.2 Å². The Bertz CT molecular complexity index is 999. The summed E-state index contributed by atoms with van der Waals surface area (Å²) in [4.78, 5) is 25.8. The number of carbonyl (C=O) groups is 1. The first kappa shape index (κ1) is 20.8. The van der Waals surface area contributed by atoms with Gasteiger partial charge in [-0.2, -0.15) is 13.2 Å². The number of nitrogens with zero attached hydrogens (tertiary/aromatic N) is 4. The molecule has 3 aliphatic heterocycles. The number of nitrogens with one attached hydrogen (secondary N) is 2. The molecule has 2 bridgehead atoms. The Labute approximate surface area is 184 Å². The molecule has 1 unspecified atom stereocenters. The van der Waals surface area contributed by atoms with Gasteiger partial charge in [-0.1, -0.05) is 0 Å². The number of alkyl halides is 3.